The predicted octanol–water partition coefficient (Wildman–Crippen LogP) is 4.20. The molecule has 3 rings (SSSR count). The molecule has 0 fully saturated rings. The van der Waals surface area contributed by atoms with Gasteiger partial charge >= 0.3 is 0 Å². The number of hydrogen-bond acceptors (Lipinski definition) is 3. The quantitative estimate of drug-likeness (QED) is 0.694. The Bertz CT molecular complexity index is 925. The van der Waals surface area contributed by atoms with E-state index < -0.39 is 0 Å². The molecule has 0 atom stereocenters. The fourth-order valence-electron chi connectivity index (χ4n) is 2.76. The summed E-state index contributed by atoms with van der Waals surface area (Å²) < 4.78 is 7.56. The average Bonchev–Trinajstić information content (AvgIpc) is 3.08. The zero-order valence-corrected chi connectivity index (χ0v) is 16.4. The van der Waals surface area contributed by atoms with Crippen LogP contribution in [0.15, 0.2) is 48.8 Å². The smallest absolute Gasteiger partial charge is 0.251 e. The number of rotatable bonds is 6. The summed E-state index contributed by atoms with van der Waals surface area (Å²) in [5, 5.41) is 7.74. The second kappa shape index (κ2) is 8.27. The van der Waals surface area contributed by atoms with Crippen LogP contribution in [0, 0.1) is 13.8 Å². The van der Waals surface area contributed by atoms with Gasteiger partial charge in [-0.25, -0.2) is 0 Å². The molecule has 0 aliphatic carbocycles. The van der Waals surface area contributed by atoms with Crippen molar-refractivity contribution >= 4 is 17.5 Å². The molecular weight excluding hydrogens is 362 g/mol. The van der Waals surface area contributed by atoms with Crippen LogP contribution >= 0.6 is 11.6 Å². The number of halogens is 1. The summed E-state index contributed by atoms with van der Waals surface area (Å²) in [6, 6.07) is 11.2. The van der Waals surface area contributed by atoms with E-state index in [4.69, 9.17) is 16.3 Å². The highest BCUT2D eigenvalue weighted by Gasteiger charge is 2.07. The molecule has 0 bridgehead atoms. The fraction of sp³-hybridized carbons (Fsp3) is 0.238. The van der Waals surface area contributed by atoms with Crippen LogP contribution in [0.25, 0.3) is 0 Å². The van der Waals surface area contributed by atoms with E-state index in [1.165, 1.54) is 0 Å². The van der Waals surface area contributed by atoms with Gasteiger partial charge in [0.1, 0.15) is 12.4 Å². The number of carbonyl (C=O) groups excluding carboxylic acids is 1. The summed E-state index contributed by atoms with van der Waals surface area (Å²) in [4.78, 5) is 12.2. The molecule has 0 saturated carbocycles. The van der Waals surface area contributed by atoms with Crippen LogP contribution in [0.5, 0.6) is 5.75 Å². The molecule has 0 saturated heterocycles. The van der Waals surface area contributed by atoms with Crippen LogP contribution in [-0.4, -0.2) is 15.7 Å². The molecule has 1 aromatic heterocycles. The van der Waals surface area contributed by atoms with Crippen molar-refractivity contribution in [1.82, 2.24) is 15.1 Å². The number of carbonyl (C=O) groups is 1. The number of amides is 1. The van der Waals surface area contributed by atoms with Crippen molar-refractivity contribution in [3.05, 3.63) is 81.6 Å². The minimum atomic E-state index is -0.115. The molecule has 3 aromatic rings. The maximum absolute atomic E-state index is 12.2. The molecule has 1 amide bonds. The topological polar surface area (TPSA) is 56.1 Å². The first kappa shape index (κ1) is 19.0. The molecule has 5 nitrogen and oxygen atoms in total. The minimum absolute atomic E-state index is 0.115. The van der Waals surface area contributed by atoms with Crippen LogP contribution < -0.4 is 10.1 Å². The van der Waals surface area contributed by atoms with Crippen molar-refractivity contribution in [2.45, 2.75) is 27.0 Å². The summed E-state index contributed by atoms with van der Waals surface area (Å²) in [5.74, 6) is 0.669. The second-order valence-corrected chi connectivity index (χ2v) is 6.94. The highest BCUT2D eigenvalue weighted by atomic mass is 35.5. The van der Waals surface area contributed by atoms with E-state index in [1.807, 2.05) is 51.4 Å². The van der Waals surface area contributed by atoms with E-state index in [0.717, 1.165) is 33.0 Å². The number of ether oxygens (including phenoxy) is 1. The third kappa shape index (κ3) is 4.89. The van der Waals surface area contributed by atoms with Gasteiger partial charge in [-0.05, 0) is 54.8 Å². The molecule has 6 heteroatoms. The first-order chi connectivity index (χ1) is 12.9. The Kier molecular flexibility index (Phi) is 5.81. The molecule has 27 heavy (non-hydrogen) atoms. The van der Waals surface area contributed by atoms with Gasteiger partial charge in [-0.15, -0.1) is 0 Å². The summed E-state index contributed by atoms with van der Waals surface area (Å²) in [6.07, 6.45) is 3.61. The van der Waals surface area contributed by atoms with Gasteiger partial charge in [-0.1, -0.05) is 23.7 Å². The van der Waals surface area contributed by atoms with Crippen molar-refractivity contribution in [1.29, 1.82) is 0 Å². The van der Waals surface area contributed by atoms with Gasteiger partial charge in [0.2, 0.25) is 0 Å². The summed E-state index contributed by atoms with van der Waals surface area (Å²) in [7, 11) is 1.85. The van der Waals surface area contributed by atoms with Crippen molar-refractivity contribution in [2.75, 3.05) is 0 Å². The molecule has 1 N–H and O–H groups in total. The van der Waals surface area contributed by atoms with Gasteiger partial charge in [-0.3, -0.25) is 9.48 Å². The molecule has 0 unspecified atom stereocenters. The Hall–Kier alpha value is -2.79. The lowest BCUT2D eigenvalue weighted by Gasteiger charge is -2.10. The molecule has 0 spiro atoms. The van der Waals surface area contributed by atoms with Crippen LogP contribution in [0.3, 0.4) is 0 Å². The van der Waals surface area contributed by atoms with Gasteiger partial charge in [0.15, 0.2) is 0 Å². The number of hydrogen-bond donors (Lipinski definition) is 1. The molecule has 2 aromatic carbocycles. The van der Waals surface area contributed by atoms with Gasteiger partial charge < -0.3 is 10.1 Å². The number of aryl methyl sites for hydroxylation is 3. The van der Waals surface area contributed by atoms with E-state index in [0.29, 0.717) is 18.7 Å². The van der Waals surface area contributed by atoms with Gasteiger partial charge in [-0.2, -0.15) is 5.10 Å². The van der Waals surface area contributed by atoms with E-state index >= 15 is 0 Å². The highest BCUT2D eigenvalue weighted by Crippen LogP contribution is 2.26. The predicted molar refractivity (Wildman–Crippen MR) is 106 cm³/mol. The summed E-state index contributed by atoms with van der Waals surface area (Å²) in [6.45, 7) is 4.80. The number of nitrogens with zero attached hydrogens (tertiary/aromatic N) is 2. The third-order valence-electron chi connectivity index (χ3n) is 4.24. The van der Waals surface area contributed by atoms with Crippen molar-refractivity contribution < 1.29 is 9.53 Å². The zero-order valence-electron chi connectivity index (χ0n) is 15.6. The SMILES string of the molecule is Cc1cc(OCc2ccc(C(=O)NCc3cnn(C)c3)cc2)cc(C)c1Cl. The molecule has 0 aliphatic heterocycles. The molecule has 0 aliphatic rings. The normalized spacial score (nSPS) is 10.7. The average molecular weight is 384 g/mol. The standard InChI is InChI=1S/C21H22ClN3O2/c1-14-8-19(9-15(2)20(14)22)27-13-16-4-6-18(7-5-16)21(26)23-10-17-11-24-25(3)12-17/h4-9,11-12H,10,13H2,1-3H3,(H,23,26). The maximum atomic E-state index is 12.2. The number of aromatic nitrogens is 2. The maximum Gasteiger partial charge on any atom is 0.251 e. The fourth-order valence-corrected chi connectivity index (χ4v) is 2.87. The Labute approximate surface area is 163 Å². The molecular formula is C21H22ClN3O2. The Balaban J connectivity index is 1.56. The number of nitrogens with one attached hydrogen (secondary N) is 1. The zero-order chi connectivity index (χ0) is 19.4. The van der Waals surface area contributed by atoms with Gasteiger partial charge in [0.05, 0.1) is 6.20 Å². The van der Waals surface area contributed by atoms with Gasteiger partial charge in [0, 0.05) is 35.9 Å². The van der Waals surface area contributed by atoms with Crippen LogP contribution in [-0.2, 0) is 20.2 Å². The monoisotopic (exact) mass is 383 g/mol. The first-order valence-electron chi connectivity index (χ1n) is 8.66. The van der Waals surface area contributed by atoms with E-state index in [9.17, 15) is 4.79 Å². The van der Waals surface area contributed by atoms with Crippen LogP contribution in [0.1, 0.15) is 32.6 Å². The number of benzene rings is 2. The molecule has 1 heterocycles. The lowest BCUT2D eigenvalue weighted by molar-refractivity contribution is 0.0951. The van der Waals surface area contributed by atoms with E-state index in [1.54, 1.807) is 23.0 Å². The van der Waals surface area contributed by atoms with E-state index in [-0.39, 0.29) is 5.91 Å². The van der Waals surface area contributed by atoms with Crippen LogP contribution in [0.4, 0.5) is 0 Å². The highest BCUT2D eigenvalue weighted by molar-refractivity contribution is 6.32. The molecule has 140 valence electrons. The molecule has 0 radical (unpaired) electrons. The summed E-state index contributed by atoms with van der Waals surface area (Å²) in [5.41, 5.74) is 4.55. The Morgan fingerprint density at radius 3 is 2.41 bits per heavy atom. The third-order valence-corrected chi connectivity index (χ3v) is 4.84. The lowest BCUT2D eigenvalue weighted by Crippen LogP contribution is -2.22. The van der Waals surface area contributed by atoms with Gasteiger partial charge in [0.25, 0.3) is 5.91 Å². The largest absolute Gasteiger partial charge is 0.489 e. The van der Waals surface area contributed by atoms with Crippen molar-refractivity contribution in [2.24, 2.45) is 7.05 Å². The summed E-state index contributed by atoms with van der Waals surface area (Å²) >= 11 is 6.18. The van der Waals surface area contributed by atoms with E-state index in [2.05, 4.69) is 10.4 Å². The second-order valence-electron chi connectivity index (χ2n) is 6.56. The van der Waals surface area contributed by atoms with Crippen LogP contribution in [0.2, 0.25) is 5.02 Å². The Morgan fingerprint density at radius 2 is 1.81 bits per heavy atom. The lowest BCUT2D eigenvalue weighted by atomic mass is 10.1. The first-order valence-corrected chi connectivity index (χ1v) is 9.04. The Morgan fingerprint density at radius 1 is 1.15 bits per heavy atom. The minimum Gasteiger partial charge on any atom is -0.489 e. The van der Waals surface area contributed by atoms with Crippen molar-refractivity contribution in [3.8, 4) is 5.75 Å². The van der Waals surface area contributed by atoms with Crippen molar-refractivity contribution in [3.63, 3.8) is 0 Å².